The van der Waals surface area contributed by atoms with E-state index in [1.165, 1.54) is 0 Å². The van der Waals surface area contributed by atoms with Crippen LogP contribution >= 0.6 is 11.8 Å². The van der Waals surface area contributed by atoms with E-state index in [4.69, 9.17) is 4.74 Å². The molecule has 0 bridgehead atoms. The number of hydrogen-bond donors (Lipinski definition) is 2. The molecule has 0 spiro atoms. The Morgan fingerprint density at radius 1 is 1.23 bits per heavy atom. The predicted octanol–water partition coefficient (Wildman–Crippen LogP) is 1.87. The SMILES string of the molecule is COc1ccc(C2=CSc3nnc([C@@H]([NH3+])C(C)C)n3N2)cc1. The van der Waals surface area contributed by atoms with Crippen molar-refractivity contribution in [3.05, 3.63) is 41.1 Å². The highest BCUT2D eigenvalue weighted by molar-refractivity contribution is 8.02. The third kappa shape index (κ3) is 2.69. The number of nitrogens with zero attached hydrogens (tertiary/aromatic N) is 3. The first-order valence-corrected chi connectivity index (χ1v) is 8.04. The van der Waals surface area contributed by atoms with Gasteiger partial charge < -0.3 is 10.5 Å². The van der Waals surface area contributed by atoms with E-state index >= 15 is 0 Å². The number of nitrogens with one attached hydrogen (secondary N) is 1. The van der Waals surface area contributed by atoms with Gasteiger partial charge in [-0.3, -0.25) is 5.43 Å². The molecule has 0 amide bonds. The molecule has 0 saturated carbocycles. The summed E-state index contributed by atoms with van der Waals surface area (Å²) >= 11 is 1.56. The normalized spacial score (nSPS) is 15.0. The number of rotatable bonds is 4. The van der Waals surface area contributed by atoms with Crippen LogP contribution in [0, 0.1) is 5.92 Å². The minimum absolute atomic E-state index is 0.0876. The summed E-state index contributed by atoms with van der Waals surface area (Å²) in [5, 5.41) is 11.4. The van der Waals surface area contributed by atoms with Gasteiger partial charge in [0.05, 0.1) is 12.8 Å². The van der Waals surface area contributed by atoms with Crippen LogP contribution in [0.2, 0.25) is 0 Å². The lowest BCUT2D eigenvalue weighted by Gasteiger charge is -2.21. The number of benzene rings is 1. The molecule has 0 fully saturated rings. The van der Waals surface area contributed by atoms with Gasteiger partial charge in [0.15, 0.2) is 0 Å². The van der Waals surface area contributed by atoms with Crippen LogP contribution in [0.25, 0.3) is 5.70 Å². The van der Waals surface area contributed by atoms with Gasteiger partial charge in [-0.05, 0) is 24.3 Å². The Morgan fingerprint density at radius 2 is 1.95 bits per heavy atom. The molecule has 0 saturated heterocycles. The van der Waals surface area contributed by atoms with Gasteiger partial charge in [0, 0.05) is 16.9 Å². The molecular weight excluding hydrogens is 298 g/mol. The highest BCUT2D eigenvalue weighted by Gasteiger charge is 2.26. The zero-order valence-electron chi connectivity index (χ0n) is 12.9. The van der Waals surface area contributed by atoms with E-state index in [9.17, 15) is 0 Å². The van der Waals surface area contributed by atoms with Gasteiger partial charge in [-0.2, -0.15) is 0 Å². The molecule has 116 valence electrons. The fourth-order valence-corrected chi connectivity index (χ4v) is 2.91. The second kappa shape index (κ2) is 6.02. The second-order valence-electron chi connectivity index (χ2n) is 5.52. The van der Waals surface area contributed by atoms with Gasteiger partial charge in [0.2, 0.25) is 11.0 Å². The molecule has 1 aromatic carbocycles. The van der Waals surface area contributed by atoms with Crippen molar-refractivity contribution in [1.82, 2.24) is 14.9 Å². The summed E-state index contributed by atoms with van der Waals surface area (Å²) in [5.74, 6) is 2.10. The van der Waals surface area contributed by atoms with Crippen molar-refractivity contribution < 1.29 is 10.5 Å². The molecule has 2 aromatic rings. The molecule has 3 rings (SSSR count). The fraction of sp³-hybridized carbons (Fsp3) is 0.333. The number of thioether (sulfide) groups is 1. The number of hydrogen-bond acceptors (Lipinski definition) is 5. The second-order valence-corrected chi connectivity index (χ2v) is 6.35. The lowest BCUT2D eigenvalue weighted by molar-refractivity contribution is -0.440. The minimum Gasteiger partial charge on any atom is -0.497 e. The van der Waals surface area contributed by atoms with Crippen molar-refractivity contribution >= 4 is 17.5 Å². The minimum atomic E-state index is 0.0876. The van der Waals surface area contributed by atoms with Crippen LogP contribution in [0.3, 0.4) is 0 Å². The Hall–Kier alpha value is -1.99. The molecule has 0 radical (unpaired) electrons. The maximum atomic E-state index is 5.20. The van der Waals surface area contributed by atoms with Gasteiger partial charge in [-0.1, -0.05) is 25.6 Å². The summed E-state index contributed by atoms with van der Waals surface area (Å²) in [7, 11) is 1.67. The van der Waals surface area contributed by atoms with E-state index in [0.717, 1.165) is 28.0 Å². The summed E-state index contributed by atoms with van der Waals surface area (Å²) < 4.78 is 7.13. The molecule has 1 aromatic heterocycles. The zero-order valence-corrected chi connectivity index (χ0v) is 13.7. The van der Waals surface area contributed by atoms with Crippen LogP contribution < -0.4 is 15.9 Å². The quantitative estimate of drug-likeness (QED) is 0.899. The van der Waals surface area contributed by atoms with E-state index in [2.05, 4.69) is 35.2 Å². The lowest BCUT2D eigenvalue weighted by Crippen LogP contribution is -2.57. The van der Waals surface area contributed by atoms with Gasteiger partial charge in [-0.25, -0.2) is 4.68 Å². The van der Waals surface area contributed by atoms with Crippen molar-refractivity contribution in [2.45, 2.75) is 25.0 Å². The molecule has 0 unspecified atom stereocenters. The molecule has 0 aliphatic carbocycles. The molecule has 7 heteroatoms. The molecule has 6 nitrogen and oxygen atoms in total. The monoisotopic (exact) mass is 318 g/mol. The van der Waals surface area contributed by atoms with E-state index in [-0.39, 0.29) is 6.04 Å². The van der Waals surface area contributed by atoms with Crippen LogP contribution in [-0.2, 0) is 0 Å². The van der Waals surface area contributed by atoms with Crippen LogP contribution in [0.4, 0.5) is 0 Å². The number of ether oxygens (including phenoxy) is 1. The molecule has 1 atom stereocenters. The average molecular weight is 318 g/mol. The summed E-state index contributed by atoms with van der Waals surface area (Å²) in [4.78, 5) is 0. The Bertz CT molecular complexity index is 692. The number of fused-ring (bicyclic) bond motifs is 1. The van der Waals surface area contributed by atoms with Crippen LogP contribution in [0.1, 0.15) is 31.3 Å². The molecule has 1 aliphatic heterocycles. The number of aromatic nitrogens is 3. The lowest BCUT2D eigenvalue weighted by atomic mass is 10.1. The molecule has 2 heterocycles. The van der Waals surface area contributed by atoms with Crippen LogP contribution in [-0.4, -0.2) is 22.0 Å². The summed E-state index contributed by atoms with van der Waals surface area (Å²) in [6, 6.07) is 8.03. The average Bonchev–Trinajstić information content (AvgIpc) is 2.97. The maximum absolute atomic E-state index is 5.20. The Kier molecular flexibility index (Phi) is 4.08. The summed E-state index contributed by atoms with van der Waals surface area (Å²) in [5.41, 5.74) is 9.68. The standard InChI is InChI=1S/C15H19N5OS/c1-9(2)13(16)14-17-18-15-20(14)19-12(8-22-15)10-4-6-11(21-3)7-5-10/h4-9,13,19H,16H2,1-3H3/p+1/t13-/m0/s1. The molecular formula is C15H20N5OS+. The van der Waals surface area contributed by atoms with Crippen molar-refractivity contribution in [3.8, 4) is 5.75 Å². The fourth-order valence-electron chi connectivity index (χ4n) is 2.16. The van der Waals surface area contributed by atoms with E-state index < -0.39 is 0 Å². The van der Waals surface area contributed by atoms with Crippen LogP contribution in [0.15, 0.2) is 34.8 Å². The smallest absolute Gasteiger partial charge is 0.214 e. The first-order valence-electron chi connectivity index (χ1n) is 7.17. The Labute approximate surface area is 133 Å². The van der Waals surface area contributed by atoms with Crippen molar-refractivity contribution in [3.63, 3.8) is 0 Å². The number of methoxy groups -OCH3 is 1. The first-order chi connectivity index (χ1) is 10.6. The third-order valence-corrected chi connectivity index (χ3v) is 4.54. The van der Waals surface area contributed by atoms with E-state index in [1.54, 1.807) is 18.9 Å². The largest absolute Gasteiger partial charge is 0.497 e. The topological polar surface area (TPSA) is 79.6 Å². The Morgan fingerprint density at radius 3 is 2.59 bits per heavy atom. The molecule has 22 heavy (non-hydrogen) atoms. The predicted molar refractivity (Wildman–Crippen MR) is 86.7 cm³/mol. The van der Waals surface area contributed by atoms with Crippen molar-refractivity contribution in [2.24, 2.45) is 5.92 Å². The zero-order chi connectivity index (χ0) is 15.7. The molecule has 1 aliphatic rings. The maximum Gasteiger partial charge on any atom is 0.214 e. The Balaban J connectivity index is 1.87. The van der Waals surface area contributed by atoms with E-state index in [0.29, 0.717) is 5.92 Å². The third-order valence-electron chi connectivity index (χ3n) is 3.71. The highest BCUT2D eigenvalue weighted by Crippen LogP contribution is 2.30. The number of quaternary nitrogens is 1. The van der Waals surface area contributed by atoms with Gasteiger partial charge in [0.25, 0.3) is 0 Å². The van der Waals surface area contributed by atoms with E-state index in [1.807, 2.05) is 34.3 Å². The van der Waals surface area contributed by atoms with Crippen molar-refractivity contribution in [2.75, 3.05) is 12.5 Å². The van der Waals surface area contributed by atoms with Gasteiger partial charge in [-0.15, -0.1) is 10.2 Å². The first kappa shape index (κ1) is 14.9. The van der Waals surface area contributed by atoms with Crippen LogP contribution in [0.5, 0.6) is 5.75 Å². The van der Waals surface area contributed by atoms with Crippen molar-refractivity contribution in [1.29, 1.82) is 0 Å². The van der Waals surface area contributed by atoms with Gasteiger partial charge in [0.1, 0.15) is 11.8 Å². The molecule has 4 N–H and O–H groups in total. The van der Waals surface area contributed by atoms with Gasteiger partial charge >= 0.3 is 0 Å². The summed E-state index contributed by atoms with van der Waals surface area (Å²) in [6.07, 6.45) is 0. The summed E-state index contributed by atoms with van der Waals surface area (Å²) in [6.45, 7) is 4.27. The highest BCUT2D eigenvalue weighted by atomic mass is 32.2.